The summed E-state index contributed by atoms with van der Waals surface area (Å²) in [6, 6.07) is 10.3. The molecule has 2 aliphatic rings. The van der Waals surface area contributed by atoms with E-state index in [0.717, 1.165) is 37.1 Å². The minimum Gasteiger partial charge on any atom is -0.465 e. The van der Waals surface area contributed by atoms with Crippen LogP contribution in [0.4, 0.5) is 21.9 Å². The van der Waals surface area contributed by atoms with Crippen molar-refractivity contribution in [3.63, 3.8) is 0 Å². The first-order valence-electron chi connectivity index (χ1n) is 13.0. The van der Waals surface area contributed by atoms with Crippen molar-refractivity contribution in [2.45, 2.75) is 32.1 Å². The lowest BCUT2D eigenvalue weighted by atomic mass is 10.0. The average Bonchev–Trinajstić information content (AvgIpc) is 2.95. The van der Waals surface area contributed by atoms with Crippen LogP contribution in [0.2, 0.25) is 10.0 Å². The summed E-state index contributed by atoms with van der Waals surface area (Å²) in [6.07, 6.45) is 11.0. The Labute approximate surface area is 238 Å². The zero-order chi connectivity index (χ0) is 27.8. The molecule has 8 nitrogen and oxygen atoms in total. The molecule has 1 aliphatic heterocycles. The fraction of sp³-hybridized carbons (Fsp3) is 0.345. The highest BCUT2D eigenvalue weighted by Gasteiger charge is 2.23. The number of amides is 3. The van der Waals surface area contributed by atoms with Crippen molar-refractivity contribution >= 4 is 58.2 Å². The number of carbonyl (C=O) groups excluding carboxylic acids is 3. The van der Waals surface area contributed by atoms with E-state index in [-0.39, 0.29) is 33.2 Å². The molecule has 0 radical (unpaired) electrons. The molecule has 1 saturated heterocycles. The summed E-state index contributed by atoms with van der Waals surface area (Å²) in [5.41, 5.74) is 3.56. The van der Waals surface area contributed by atoms with Gasteiger partial charge < -0.3 is 25.2 Å². The van der Waals surface area contributed by atoms with Gasteiger partial charge in [-0.1, -0.05) is 47.0 Å². The Morgan fingerprint density at radius 3 is 2.26 bits per heavy atom. The van der Waals surface area contributed by atoms with E-state index >= 15 is 0 Å². The molecule has 1 fully saturated rings. The first kappa shape index (κ1) is 28.5. The highest BCUT2D eigenvalue weighted by molar-refractivity contribution is 6.40. The number of urea groups is 1. The number of piperazine rings is 1. The molecule has 2 N–H and O–H groups in total. The summed E-state index contributed by atoms with van der Waals surface area (Å²) in [6.45, 7) is 2.30. The van der Waals surface area contributed by atoms with E-state index in [1.807, 2.05) is 24.3 Å². The quantitative estimate of drug-likeness (QED) is 0.352. The van der Waals surface area contributed by atoms with Crippen molar-refractivity contribution in [2.24, 2.45) is 0 Å². The maximum Gasteiger partial charge on any atom is 0.337 e. The molecule has 206 valence electrons. The number of benzene rings is 2. The molecule has 4 rings (SSSR count). The van der Waals surface area contributed by atoms with Crippen molar-refractivity contribution in [2.75, 3.05) is 48.8 Å². The number of halogens is 2. The van der Waals surface area contributed by atoms with E-state index in [0.29, 0.717) is 32.6 Å². The molecule has 0 atom stereocenters. The van der Waals surface area contributed by atoms with Gasteiger partial charge in [0.05, 0.1) is 28.4 Å². The molecule has 0 bridgehead atoms. The van der Waals surface area contributed by atoms with Gasteiger partial charge in [-0.2, -0.15) is 0 Å². The molecule has 0 saturated carbocycles. The summed E-state index contributed by atoms with van der Waals surface area (Å²) in [7, 11) is 1.27. The van der Waals surface area contributed by atoms with Crippen molar-refractivity contribution in [1.82, 2.24) is 4.90 Å². The molecule has 0 unspecified atom stereocenters. The molecular formula is C29H32Cl2N4O4. The molecule has 1 heterocycles. The maximum atomic E-state index is 12.8. The third-order valence-electron chi connectivity index (χ3n) is 6.72. The van der Waals surface area contributed by atoms with Crippen LogP contribution < -0.4 is 15.5 Å². The average molecular weight is 572 g/mol. The number of nitrogens with zero attached hydrogens (tertiary/aromatic N) is 2. The van der Waals surface area contributed by atoms with Crippen LogP contribution in [0.25, 0.3) is 0 Å². The number of hydrogen-bond donors (Lipinski definition) is 2. The monoisotopic (exact) mass is 570 g/mol. The first-order chi connectivity index (χ1) is 18.8. The Kier molecular flexibility index (Phi) is 9.90. The molecule has 0 aromatic heterocycles. The van der Waals surface area contributed by atoms with Gasteiger partial charge in [0.15, 0.2) is 0 Å². The number of esters is 1. The molecule has 39 heavy (non-hydrogen) atoms. The largest absolute Gasteiger partial charge is 0.465 e. The van der Waals surface area contributed by atoms with Gasteiger partial charge >= 0.3 is 12.0 Å². The summed E-state index contributed by atoms with van der Waals surface area (Å²) in [5, 5.41) is 6.03. The fourth-order valence-electron chi connectivity index (χ4n) is 4.57. The van der Waals surface area contributed by atoms with Crippen LogP contribution in [-0.2, 0) is 9.53 Å². The summed E-state index contributed by atoms with van der Waals surface area (Å²) in [4.78, 5) is 40.8. The number of ether oxygens (including phenoxy) is 1. The molecule has 10 heteroatoms. The third kappa shape index (κ3) is 7.77. The second-order valence-electron chi connectivity index (χ2n) is 9.42. The zero-order valence-electron chi connectivity index (χ0n) is 21.8. The number of nitrogens with one attached hydrogen (secondary N) is 2. The summed E-state index contributed by atoms with van der Waals surface area (Å²) in [5.74, 6) is -0.549. The van der Waals surface area contributed by atoms with E-state index in [4.69, 9.17) is 23.2 Å². The number of rotatable bonds is 8. The highest BCUT2D eigenvalue weighted by Crippen LogP contribution is 2.32. The van der Waals surface area contributed by atoms with Gasteiger partial charge in [-0.15, -0.1) is 0 Å². The van der Waals surface area contributed by atoms with Gasteiger partial charge in [0, 0.05) is 44.0 Å². The van der Waals surface area contributed by atoms with E-state index in [1.165, 1.54) is 24.8 Å². The van der Waals surface area contributed by atoms with Gasteiger partial charge in [0.25, 0.3) is 0 Å². The lowest BCUT2D eigenvalue weighted by Gasteiger charge is -2.36. The van der Waals surface area contributed by atoms with Gasteiger partial charge in [-0.05, 0) is 62.1 Å². The van der Waals surface area contributed by atoms with Gasteiger partial charge in [0.1, 0.15) is 0 Å². The number of carbonyl (C=O) groups is 3. The van der Waals surface area contributed by atoms with Crippen LogP contribution in [0.15, 0.2) is 60.2 Å². The van der Waals surface area contributed by atoms with E-state index < -0.39 is 5.97 Å². The smallest absolute Gasteiger partial charge is 0.337 e. The van der Waals surface area contributed by atoms with Gasteiger partial charge in [-0.25, -0.2) is 9.59 Å². The molecule has 1 aliphatic carbocycles. The van der Waals surface area contributed by atoms with Crippen molar-refractivity contribution in [3.8, 4) is 0 Å². The van der Waals surface area contributed by atoms with Crippen molar-refractivity contribution in [1.29, 1.82) is 0 Å². The topological polar surface area (TPSA) is 91.0 Å². The Bertz CT molecular complexity index is 1250. The third-order valence-corrected chi connectivity index (χ3v) is 7.32. The minimum absolute atomic E-state index is 0.0166. The van der Waals surface area contributed by atoms with Gasteiger partial charge in [0.2, 0.25) is 5.91 Å². The second-order valence-corrected chi connectivity index (χ2v) is 10.2. The second kappa shape index (κ2) is 13.5. The standard InChI is InChI=1S/C29H32Cl2N4O4/c1-39-28(37)21-18-24(30)27(25(31)19-21)33-29(38)35-16-14-34(15-17-35)23-12-10-22(11-13-23)32-26(36)9-5-8-20-6-3-2-4-7-20/h3,6-7,10-13,18-19H,2,4-5,8-9,14-17H2,1H3,(H,32,36)(H,33,38). The Morgan fingerprint density at radius 2 is 1.64 bits per heavy atom. The minimum atomic E-state index is -0.566. The predicted molar refractivity (Wildman–Crippen MR) is 156 cm³/mol. The fourth-order valence-corrected chi connectivity index (χ4v) is 5.15. The molecule has 2 aromatic rings. The Hall–Kier alpha value is -3.49. The predicted octanol–water partition coefficient (Wildman–Crippen LogP) is 6.52. The van der Waals surface area contributed by atoms with E-state index in [1.54, 1.807) is 4.90 Å². The number of methoxy groups -OCH3 is 1. The van der Waals surface area contributed by atoms with Crippen LogP contribution in [0.5, 0.6) is 0 Å². The van der Waals surface area contributed by atoms with Crippen molar-refractivity contribution < 1.29 is 19.1 Å². The zero-order valence-corrected chi connectivity index (χ0v) is 23.4. The van der Waals surface area contributed by atoms with E-state index in [9.17, 15) is 14.4 Å². The van der Waals surface area contributed by atoms with Crippen LogP contribution in [-0.4, -0.2) is 56.1 Å². The number of anilines is 3. The van der Waals surface area contributed by atoms with Gasteiger partial charge in [-0.3, -0.25) is 4.79 Å². The molecule has 0 spiro atoms. The number of allylic oxidation sites excluding steroid dienone is 4. The molecular weight excluding hydrogens is 539 g/mol. The number of hydrogen-bond acceptors (Lipinski definition) is 5. The Balaban J connectivity index is 1.23. The molecule has 2 aromatic carbocycles. The van der Waals surface area contributed by atoms with Crippen LogP contribution in [0.1, 0.15) is 42.5 Å². The first-order valence-corrected chi connectivity index (χ1v) is 13.7. The van der Waals surface area contributed by atoms with E-state index in [2.05, 4.69) is 38.5 Å². The van der Waals surface area contributed by atoms with Crippen molar-refractivity contribution in [3.05, 3.63) is 75.8 Å². The SMILES string of the molecule is COC(=O)c1cc(Cl)c(NC(=O)N2CCN(c3ccc(NC(=O)CCCC4=CCCC=C4)cc3)CC2)c(Cl)c1. The lowest BCUT2D eigenvalue weighted by molar-refractivity contribution is -0.116. The summed E-state index contributed by atoms with van der Waals surface area (Å²) < 4.78 is 4.69. The summed E-state index contributed by atoms with van der Waals surface area (Å²) >= 11 is 12.5. The maximum absolute atomic E-state index is 12.8. The molecule has 3 amide bonds. The highest BCUT2D eigenvalue weighted by atomic mass is 35.5. The Morgan fingerprint density at radius 1 is 0.949 bits per heavy atom. The normalized spacial score (nSPS) is 15.0. The van der Waals surface area contributed by atoms with Crippen LogP contribution in [0.3, 0.4) is 0 Å². The van der Waals surface area contributed by atoms with Crippen LogP contribution in [0, 0.1) is 0 Å². The lowest BCUT2D eigenvalue weighted by Crippen LogP contribution is -2.50. The van der Waals surface area contributed by atoms with Crippen LogP contribution >= 0.6 is 23.2 Å².